The molecule has 0 aromatic rings. The van der Waals surface area contributed by atoms with E-state index in [4.69, 9.17) is 0 Å². The van der Waals surface area contributed by atoms with Crippen molar-refractivity contribution < 1.29 is 0 Å². The molecule has 3 heteroatoms. The average molecular weight is 179 g/mol. The lowest BCUT2D eigenvalue weighted by atomic mass is 10.2. The minimum Gasteiger partial charge on any atom is -0.318 e. The highest BCUT2D eigenvalue weighted by molar-refractivity contribution is 5.85. The van der Waals surface area contributed by atoms with E-state index in [1.54, 1.807) is 0 Å². The molecule has 1 heterocycles. The highest BCUT2D eigenvalue weighted by atomic mass is 35.5. The van der Waals surface area contributed by atoms with E-state index in [-0.39, 0.29) is 12.4 Å². The van der Waals surface area contributed by atoms with Gasteiger partial charge < -0.3 is 5.32 Å². The highest BCUT2D eigenvalue weighted by Gasteiger charge is 2.21. The normalized spacial score (nSPS) is 25.1. The Morgan fingerprint density at radius 1 is 1.55 bits per heavy atom. The number of nitrogens with one attached hydrogen (secondary N) is 1. The number of hydrogen-bond donors (Lipinski definition) is 1. The maximum Gasteiger partial charge on any atom is 0.0220 e. The molecule has 68 valence electrons. The average Bonchev–Trinajstić information content (AvgIpc) is 2.36. The zero-order chi connectivity index (χ0) is 7.40. The molecule has 0 amide bonds. The van der Waals surface area contributed by atoms with Gasteiger partial charge in [-0.1, -0.05) is 6.92 Å². The van der Waals surface area contributed by atoms with E-state index in [2.05, 4.69) is 17.1 Å². The summed E-state index contributed by atoms with van der Waals surface area (Å²) in [4.78, 5) is 2.55. The van der Waals surface area contributed by atoms with Crippen molar-refractivity contribution in [2.75, 3.05) is 26.7 Å². The van der Waals surface area contributed by atoms with Crippen molar-refractivity contribution in [2.45, 2.75) is 25.8 Å². The second-order valence-corrected chi connectivity index (χ2v) is 2.98. The van der Waals surface area contributed by atoms with Crippen LogP contribution in [-0.4, -0.2) is 37.6 Å². The molecule has 0 aromatic heterocycles. The fourth-order valence-corrected chi connectivity index (χ4v) is 1.78. The summed E-state index contributed by atoms with van der Waals surface area (Å²) in [6.07, 6.45) is 2.77. The van der Waals surface area contributed by atoms with Crippen molar-refractivity contribution in [3.8, 4) is 0 Å². The van der Waals surface area contributed by atoms with Crippen molar-refractivity contribution in [2.24, 2.45) is 0 Å². The molecule has 1 fully saturated rings. The van der Waals surface area contributed by atoms with E-state index in [9.17, 15) is 0 Å². The van der Waals surface area contributed by atoms with Crippen molar-refractivity contribution in [1.29, 1.82) is 0 Å². The number of hydrogen-bond acceptors (Lipinski definition) is 2. The van der Waals surface area contributed by atoms with Gasteiger partial charge in [0.2, 0.25) is 0 Å². The van der Waals surface area contributed by atoms with E-state index in [0.29, 0.717) is 0 Å². The summed E-state index contributed by atoms with van der Waals surface area (Å²) in [5, 5.41) is 3.23. The summed E-state index contributed by atoms with van der Waals surface area (Å²) >= 11 is 0. The second-order valence-electron chi connectivity index (χ2n) is 2.98. The van der Waals surface area contributed by atoms with E-state index >= 15 is 0 Å². The van der Waals surface area contributed by atoms with E-state index in [1.165, 1.54) is 25.9 Å². The van der Waals surface area contributed by atoms with Gasteiger partial charge in [0, 0.05) is 12.6 Å². The first kappa shape index (κ1) is 11.2. The summed E-state index contributed by atoms with van der Waals surface area (Å²) in [6, 6.07) is 0.815. The van der Waals surface area contributed by atoms with Crippen molar-refractivity contribution in [1.82, 2.24) is 10.2 Å². The van der Waals surface area contributed by atoms with E-state index in [0.717, 1.165) is 12.6 Å². The highest BCUT2D eigenvalue weighted by Crippen LogP contribution is 2.14. The smallest absolute Gasteiger partial charge is 0.0220 e. The molecule has 0 aromatic carbocycles. The lowest BCUT2D eigenvalue weighted by Gasteiger charge is -2.21. The third-order valence-electron chi connectivity index (χ3n) is 2.35. The number of rotatable bonds is 3. The first-order chi connectivity index (χ1) is 4.88. The van der Waals surface area contributed by atoms with Gasteiger partial charge in [0.05, 0.1) is 0 Å². The molecular weight excluding hydrogens is 160 g/mol. The Kier molecular flexibility index (Phi) is 5.92. The van der Waals surface area contributed by atoms with Crippen LogP contribution in [-0.2, 0) is 0 Å². The third kappa shape index (κ3) is 2.97. The first-order valence-corrected chi connectivity index (χ1v) is 4.27. The van der Waals surface area contributed by atoms with Gasteiger partial charge in [-0.05, 0) is 33.0 Å². The number of halogens is 1. The SMILES string of the molecule is CCN1CCCC1CNC.Cl. The van der Waals surface area contributed by atoms with E-state index in [1.807, 2.05) is 7.05 Å². The lowest BCUT2D eigenvalue weighted by molar-refractivity contribution is 0.264. The van der Waals surface area contributed by atoms with Crippen LogP contribution in [0.2, 0.25) is 0 Å². The van der Waals surface area contributed by atoms with Gasteiger partial charge in [0.1, 0.15) is 0 Å². The lowest BCUT2D eigenvalue weighted by Crippen LogP contribution is -2.36. The van der Waals surface area contributed by atoms with Gasteiger partial charge in [-0.3, -0.25) is 4.90 Å². The third-order valence-corrected chi connectivity index (χ3v) is 2.35. The van der Waals surface area contributed by atoms with Gasteiger partial charge in [0.15, 0.2) is 0 Å². The quantitative estimate of drug-likeness (QED) is 0.697. The molecule has 1 rings (SSSR count). The predicted octanol–water partition coefficient (Wildman–Crippen LogP) is 1.11. The monoisotopic (exact) mass is 178 g/mol. The molecule has 0 saturated carbocycles. The van der Waals surface area contributed by atoms with Crippen molar-refractivity contribution >= 4 is 12.4 Å². The summed E-state index contributed by atoms with van der Waals surface area (Å²) in [5.74, 6) is 0. The molecule has 1 atom stereocenters. The van der Waals surface area contributed by atoms with Crippen LogP contribution in [0, 0.1) is 0 Å². The first-order valence-electron chi connectivity index (χ1n) is 4.27. The summed E-state index contributed by atoms with van der Waals surface area (Å²) in [7, 11) is 2.03. The van der Waals surface area contributed by atoms with Crippen LogP contribution in [0.25, 0.3) is 0 Å². The molecule has 0 aliphatic carbocycles. The fraction of sp³-hybridized carbons (Fsp3) is 1.00. The maximum atomic E-state index is 3.23. The van der Waals surface area contributed by atoms with E-state index < -0.39 is 0 Å². The van der Waals surface area contributed by atoms with Crippen LogP contribution in [0.5, 0.6) is 0 Å². The number of likely N-dealkylation sites (N-methyl/N-ethyl adjacent to an activating group) is 2. The Bertz CT molecular complexity index is 98.1. The Morgan fingerprint density at radius 3 is 2.82 bits per heavy atom. The van der Waals surface area contributed by atoms with Crippen LogP contribution in [0.15, 0.2) is 0 Å². The molecule has 1 N–H and O–H groups in total. The Labute approximate surface area is 75.8 Å². The molecule has 1 aliphatic heterocycles. The minimum atomic E-state index is 0. The molecule has 2 nitrogen and oxygen atoms in total. The molecule has 1 aliphatic rings. The molecule has 1 unspecified atom stereocenters. The zero-order valence-corrected chi connectivity index (χ0v) is 8.28. The number of likely N-dealkylation sites (tertiary alicyclic amines) is 1. The van der Waals surface area contributed by atoms with Gasteiger partial charge in [-0.25, -0.2) is 0 Å². The molecule has 0 bridgehead atoms. The van der Waals surface area contributed by atoms with Gasteiger partial charge in [-0.15, -0.1) is 12.4 Å². The van der Waals surface area contributed by atoms with Crippen LogP contribution in [0.3, 0.4) is 0 Å². The van der Waals surface area contributed by atoms with Crippen LogP contribution in [0.1, 0.15) is 19.8 Å². The fourth-order valence-electron chi connectivity index (χ4n) is 1.78. The molecule has 11 heavy (non-hydrogen) atoms. The number of nitrogens with zero attached hydrogens (tertiary/aromatic N) is 1. The Balaban J connectivity index is 0.000001000. The van der Waals surface area contributed by atoms with Gasteiger partial charge in [0.25, 0.3) is 0 Å². The van der Waals surface area contributed by atoms with Gasteiger partial charge >= 0.3 is 0 Å². The van der Waals surface area contributed by atoms with Crippen LogP contribution in [0.4, 0.5) is 0 Å². The molecule has 0 radical (unpaired) electrons. The molecule has 1 saturated heterocycles. The standard InChI is InChI=1S/C8H18N2.ClH/c1-3-10-6-4-5-8(10)7-9-2;/h8-9H,3-7H2,1-2H3;1H. The Hall–Kier alpha value is 0.210. The maximum absolute atomic E-state index is 3.23. The zero-order valence-electron chi connectivity index (χ0n) is 7.47. The molecular formula is C8H19ClN2. The van der Waals surface area contributed by atoms with Crippen molar-refractivity contribution in [3.05, 3.63) is 0 Å². The summed E-state index contributed by atoms with van der Waals surface area (Å²) < 4.78 is 0. The Morgan fingerprint density at radius 2 is 2.27 bits per heavy atom. The summed E-state index contributed by atoms with van der Waals surface area (Å²) in [6.45, 7) is 5.93. The van der Waals surface area contributed by atoms with Crippen molar-refractivity contribution in [3.63, 3.8) is 0 Å². The largest absolute Gasteiger partial charge is 0.318 e. The van der Waals surface area contributed by atoms with Crippen LogP contribution >= 0.6 is 12.4 Å². The van der Waals surface area contributed by atoms with Crippen LogP contribution < -0.4 is 5.32 Å². The topological polar surface area (TPSA) is 15.3 Å². The second kappa shape index (κ2) is 5.81. The summed E-state index contributed by atoms with van der Waals surface area (Å²) in [5.41, 5.74) is 0. The minimum absolute atomic E-state index is 0. The molecule has 0 spiro atoms. The predicted molar refractivity (Wildman–Crippen MR) is 51.4 cm³/mol. The van der Waals surface area contributed by atoms with Gasteiger partial charge in [-0.2, -0.15) is 0 Å².